The summed E-state index contributed by atoms with van der Waals surface area (Å²) in [7, 11) is 0. The fourth-order valence-electron chi connectivity index (χ4n) is 2.80. The number of pyridine rings is 1. The van der Waals surface area contributed by atoms with Crippen LogP contribution in [0.1, 0.15) is 6.92 Å². The number of nitrogens with one attached hydrogen (secondary N) is 1. The van der Waals surface area contributed by atoms with Crippen LogP contribution in [0.4, 0.5) is 17.2 Å². The molecule has 0 aliphatic carbocycles. The predicted molar refractivity (Wildman–Crippen MR) is 109 cm³/mol. The van der Waals surface area contributed by atoms with Crippen molar-refractivity contribution in [3.63, 3.8) is 0 Å². The zero-order valence-corrected chi connectivity index (χ0v) is 15.3. The first-order chi connectivity index (χ1) is 13.8. The van der Waals surface area contributed by atoms with Crippen LogP contribution in [0.5, 0.6) is 17.4 Å². The second kappa shape index (κ2) is 7.79. The fraction of sp³-hybridized carbons (Fsp3) is 0.0952. The van der Waals surface area contributed by atoms with Gasteiger partial charge in [0.15, 0.2) is 11.6 Å². The molecule has 3 N–H and O–H groups in total. The molecule has 2 heterocycles. The van der Waals surface area contributed by atoms with E-state index in [2.05, 4.69) is 20.3 Å². The van der Waals surface area contributed by atoms with Crippen molar-refractivity contribution in [1.29, 1.82) is 0 Å². The summed E-state index contributed by atoms with van der Waals surface area (Å²) in [6.45, 7) is 2.49. The number of nitrogens with zero attached hydrogens (tertiary/aromatic N) is 3. The number of rotatable bonds is 6. The van der Waals surface area contributed by atoms with Crippen LogP contribution in [-0.2, 0) is 0 Å². The van der Waals surface area contributed by atoms with Crippen LogP contribution in [0, 0.1) is 0 Å². The molecule has 2 aromatic heterocycles. The van der Waals surface area contributed by atoms with Gasteiger partial charge in [-0.2, -0.15) is 4.98 Å². The Morgan fingerprint density at radius 1 is 0.929 bits per heavy atom. The maximum absolute atomic E-state index is 6.27. The first kappa shape index (κ1) is 17.5. The molecule has 4 aromatic rings. The minimum atomic E-state index is 0.254. The van der Waals surface area contributed by atoms with Crippen molar-refractivity contribution in [2.75, 3.05) is 17.7 Å². The lowest BCUT2D eigenvalue weighted by Crippen LogP contribution is -2.04. The van der Waals surface area contributed by atoms with Crippen molar-refractivity contribution in [3.05, 3.63) is 67.1 Å². The summed E-state index contributed by atoms with van der Waals surface area (Å²) in [5.41, 5.74) is 8.06. The molecule has 140 valence electrons. The summed E-state index contributed by atoms with van der Waals surface area (Å²) in [4.78, 5) is 12.8. The van der Waals surface area contributed by atoms with E-state index >= 15 is 0 Å². The molecule has 0 radical (unpaired) electrons. The maximum Gasteiger partial charge on any atom is 0.248 e. The Bertz CT molecular complexity index is 1110. The van der Waals surface area contributed by atoms with Crippen molar-refractivity contribution in [2.24, 2.45) is 0 Å². The Morgan fingerprint density at radius 2 is 1.75 bits per heavy atom. The minimum absolute atomic E-state index is 0.254. The standard InChI is InChI=1S/C21H19N5O2/c1-2-27-16-10-4-3-9-15(16)26-20-18(22)21(25-13-24-20)28-17-11-5-7-14-8-6-12-23-19(14)17/h3-13H,2,22H2,1H3,(H,24,25,26). The van der Waals surface area contributed by atoms with Crippen molar-refractivity contribution in [2.45, 2.75) is 6.92 Å². The summed E-state index contributed by atoms with van der Waals surface area (Å²) in [5.74, 6) is 1.97. The van der Waals surface area contributed by atoms with Gasteiger partial charge < -0.3 is 20.5 Å². The van der Waals surface area contributed by atoms with Crippen LogP contribution in [0.15, 0.2) is 67.1 Å². The molecule has 7 heteroatoms. The van der Waals surface area contributed by atoms with E-state index in [0.717, 1.165) is 16.6 Å². The van der Waals surface area contributed by atoms with Crippen molar-refractivity contribution in [1.82, 2.24) is 15.0 Å². The van der Waals surface area contributed by atoms with E-state index in [1.807, 2.05) is 61.5 Å². The molecule has 0 saturated carbocycles. The minimum Gasteiger partial charge on any atom is -0.492 e. The van der Waals surface area contributed by atoms with Gasteiger partial charge in [0.2, 0.25) is 5.88 Å². The second-order valence-electron chi connectivity index (χ2n) is 5.93. The zero-order valence-electron chi connectivity index (χ0n) is 15.3. The highest BCUT2D eigenvalue weighted by Gasteiger charge is 2.14. The Labute approximate surface area is 162 Å². The highest BCUT2D eigenvalue weighted by Crippen LogP contribution is 2.35. The van der Waals surface area contributed by atoms with Crippen LogP contribution in [-0.4, -0.2) is 21.6 Å². The van der Waals surface area contributed by atoms with Gasteiger partial charge in [0.05, 0.1) is 12.3 Å². The van der Waals surface area contributed by atoms with Crippen LogP contribution < -0.4 is 20.5 Å². The number of nitrogens with two attached hydrogens (primary N) is 1. The van der Waals surface area contributed by atoms with Crippen LogP contribution in [0.2, 0.25) is 0 Å². The molecule has 0 bridgehead atoms. The molecule has 28 heavy (non-hydrogen) atoms. The van der Waals surface area contributed by atoms with E-state index in [4.69, 9.17) is 15.2 Å². The molecule has 2 aromatic carbocycles. The van der Waals surface area contributed by atoms with E-state index in [1.165, 1.54) is 6.33 Å². The summed E-state index contributed by atoms with van der Waals surface area (Å²) < 4.78 is 11.6. The largest absolute Gasteiger partial charge is 0.492 e. The monoisotopic (exact) mass is 373 g/mol. The third-order valence-electron chi connectivity index (χ3n) is 4.09. The Hall–Kier alpha value is -3.87. The quantitative estimate of drug-likeness (QED) is 0.512. The third kappa shape index (κ3) is 3.50. The molecule has 0 aliphatic heterocycles. The molecule has 0 unspecified atom stereocenters. The van der Waals surface area contributed by atoms with Crippen molar-refractivity contribution >= 4 is 28.1 Å². The number of ether oxygens (including phenoxy) is 2. The van der Waals surface area contributed by atoms with E-state index in [0.29, 0.717) is 29.6 Å². The highest BCUT2D eigenvalue weighted by atomic mass is 16.5. The smallest absolute Gasteiger partial charge is 0.248 e. The molecule has 0 amide bonds. The summed E-state index contributed by atoms with van der Waals surface area (Å²) in [5, 5.41) is 4.16. The lowest BCUT2D eigenvalue weighted by atomic mass is 10.2. The van der Waals surface area contributed by atoms with E-state index in [1.54, 1.807) is 6.20 Å². The zero-order chi connectivity index (χ0) is 19.3. The number of nitrogen functional groups attached to an aromatic ring is 1. The van der Waals surface area contributed by atoms with Gasteiger partial charge in [0.1, 0.15) is 23.3 Å². The summed E-state index contributed by atoms with van der Waals surface area (Å²) in [6.07, 6.45) is 3.12. The van der Waals surface area contributed by atoms with Gasteiger partial charge in [0.25, 0.3) is 0 Å². The number of hydrogen-bond acceptors (Lipinski definition) is 7. The number of para-hydroxylation sites is 3. The third-order valence-corrected chi connectivity index (χ3v) is 4.09. The Balaban J connectivity index is 1.66. The Kier molecular flexibility index (Phi) is 4.88. The summed E-state index contributed by atoms with van der Waals surface area (Å²) >= 11 is 0. The maximum atomic E-state index is 6.27. The number of benzene rings is 2. The fourth-order valence-corrected chi connectivity index (χ4v) is 2.80. The second-order valence-corrected chi connectivity index (χ2v) is 5.93. The van der Waals surface area contributed by atoms with Gasteiger partial charge in [-0.1, -0.05) is 30.3 Å². The topological polar surface area (TPSA) is 95.2 Å². The molecular formula is C21H19N5O2. The molecule has 0 fully saturated rings. The first-order valence-corrected chi connectivity index (χ1v) is 8.87. The molecule has 0 aliphatic rings. The SMILES string of the molecule is CCOc1ccccc1Nc1ncnc(Oc2cccc3cccnc23)c1N. The van der Waals surface area contributed by atoms with E-state index in [-0.39, 0.29) is 5.88 Å². The van der Waals surface area contributed by atoms with Crippen LogP contribution in [0.25, 0.3) is 10.9 Å². The first-order valence-electron chi connectivity index (χ1n) is 8.87. The van der Waals surface area contributed by atoms with Gasteiger partial charge in [-0.15, -0.1) is 0 Å². The lowest BCUT2D eigenvalue weighted by molar-refractivity contribution is 0.342. The van der Waals surface area contributed by atoms with Crippen LogP contribution in [0.3, 0.4) is 0 Å². The molecule has 4 rings (SSSR count). The van der Waals surface area contributed by atoms with Gasteiger partial charge in [-0.25, -0.2) is 4.98 Å². The number of fused-ring (bicyclic) bond motifs is 1. The predicted octanol–water partition coefficient (Wildman–Crippen LogP) is 4.54. The number of anilines is 3. The van der Waals surface area contributed by atoms with Crippen molar-refractivity contribution in [3.8, 4) is 17.4 Å². The number of aromatic nitrogens is 3. The molecule has 0 atom stereocenters. The van der Waals surface area contributed by atoms with Crippen molar-refractivity contribution < 1.29 is 9.47 Å². The van der Waals surface area contributed by atoms with Gasteiger partial charge in [0, 0.05) is 11.6 Å². The Morgan fingerprint density at radius 3 is 2.64 bits per heavy atom. The average molecular weight is 373 g/mol. The molecule has 0 spiro atoms. The average Bonchev–Trinajstić information content (AvgIpc) is 2.73. The normalized spacial score (nSPS) is 10.6. The van der Waals surface area contributed by atoms with Gasteiger partial charge >= 0.3 is 0 Å². The molecule has 0 saturated heterocycles. The number of hydrogen-bond donors (Lipinski definition) is 2. The van der Waals surface area contributed by atoms with E-state index in [9.17, 15) is 0 Å². The van der Waals surface area contributed by atoms with E-state index < -0.39 is 0 Å². The summed E-state index contributed by atoms with van der Waals surface area (Å²) in [6, 6.07) is 17.1. The molecule has 7 nitrogen and oxygen atoms in total. The lowest BCUT2D eigenvalue weighted by Gasteiger charge is -2.14. The highest BCUT2D eigenvalue weighted by molar-refractivity contribution is 5.85. The van der Waals surface area contributed by atoms with Gasteiger partial charge in [-0.3, -0.25) is 4.98 Å². The van der Waals surface area contributed by atoms with Gasteiger partial charge in [-0.05, 0) is 31.2 Å². The molecular weight excluding hydrogens is 354 g/mol. The van der Waals surface area contributed by atoms with Crippen LogP contribution >= 0.6 is 0 Å².